The van der Waals surface area contributed by atoms with Crippen LogP contribution in [0.15, 0.2) is 64.6 Å². The number of carbonyl (C=O) groups excluding carboxylic acids is 2. The number of nitrogens with zero attached hydrogens (tertiary/aromatic N) is 1. The lowest BCUT2D eigenvalue weighted by atomic mass is 9.96. The molecule has 2 aliphatic heterocycles. The van der Waals surface area contributed by atoms with Gasteiger partial charge in [-0.2, -0.15) is 0 Å². The first-order chi connectivity index (χ1) is 16.5. The lowest BCUT2D eigenvalue weighted by Gasteiger charge is -2.24. The summed E-state index contributed by atoms with van der Waals surface area (Å²) in [7, 11) is 0. The Balaban J connectivity index is 1.63. The van der Waals surface area contributed by atoms with Crippen LogP contribution >= 0.6 is 0 Å². The Labute approximate surface area is 197 Å². The van der Waals surface area contributed by atoms with Crippen LogP contribution < -0.4 is 14.4 Å². The third-order valence-corrected chi connectivity index (χ3v) is 6.08. The number of fused-ring (bicyclic) bond motifs is 1. The van der Waals surface area contributed by atoms with E-state index in [9.17, 15) is 14.7 Å². The van der Waals surface area contributed by atoms with Crippen molar-refractivity contribution >= 4 is 23.1 Å². The number of rotatable bonds is 5. The molecule has 1 fully saturated rings. The fraction of sp³-hybridized carbons (Fsp3) is 0.259. The molecular formula is C27H25NO6. The zero-order valence-corrected chi connectivity index (χ0v) is 19.0. The summed E-state index contributed by atoms with van der Waals surface area (Å²) < 4.78 is 17.0. The van der Waals surface area contributed by atoms with Crippen molar-refractivity contribution in [1.29, 1.82) is 0 Å². The van der Waals surface area contributed by atoms with E-state index in [-0.39, 0.29) is 11.3 Å². The maximum absolute atomic E-state index is 13.3. The summed E-state index contributed by atoms with van der Waals surface area (Å²) in [5.41, 5.74) is 1.91. The van der Waals surface area contributed by atoms with E-state index in [1.54, 1.807) is 55.5 Å². The van der Waals surface area contributed by atoms with Crippen LogP contribution in [0.2, 0.25) is 0 Å². The van der Waals surface area contributed by atoms with Gasteiger partial charge in [-0.15, -0.1) is 0 Å². The van der Waals surface area contributed by atoms with Crippen LogP contribution in [-0.2, 0) is 16.0 Å². The molecule has 0 radical (unpaired) electrons. The predicted molar refractivity (Wildman–Crippen MR) is 126 cm³/mol. The van der Waals surface area contributed by atoms with Crippen molar-refractivity contribution in [3.63, 3.8) is 0 Å². The molecule has 0 saturated carbocycles. The molecule has 0 spiro atoms. The highest BCUT2D eigenvalue weighted by molar-refractivity contribution is 6.51. The van der Waals surface area contributed by atoms with Crippen LogP contribution in [0.5, 0.6) is 11.5 Å². The summed E-state index contributed by atoms with van der Waals surface area (Å²) in [5.74, 6) is 0.733. The molecule has 5 rings (SSSR count). The number of benzene rings is 2. The van der Waals surface area contributed by atoms with Crippen LogP contribution in [0.25, 0.3) is 5.76 Å². The standard InChI is InChI=1S/C27H25NO6/c1-3-32-20-10-8-19(9-11-20)28-24(22-12-6-16(2)34-22)23(26(30)27(28)31)25(29)18-7-13-21-17(15-18)5-4-14-33-21/h6-13,15,24,29H,3-5,14H2,1-2H3/b25-23-. The number of aliphatic hydroxyl groups excluding tert-OH is 1. The first-order valence-electron chi connectivity index (χ1n) is 11.3. The van der Waals surface area contributed by atoms with E-state index in [2.05, 4.69) is 0 Å². The maximum Gasteiger partial charge on any atom is 0.300 e. The molecule has 1 atom stereocenters. The molecule has 2 aromatic carbocycles. The highest BCUT2D eigenvalue weighted by Gasteiger charge is 2.48. The summed E-state index contributed by atoms with van der Waals surface area (Å²) in [5, 5.41) is 11.3. The third kappa shape index (κ3) is 3.73. The molecular weight excluding hydrogens is 434 g/mol. The molecule has 1 saturated heterocycles. The number of anilines is 1. The average Bonchev–Trinajstić information content (AvgIpc) is 3.39. The van der Waals surface area contributed by atoms with Gasteiger partial charge in [0, 0.05) is 11.3 Å². The molecule has 3 heterocycles. The number of hydrogen-bond acceptors (Lipinski definition) is 6. The van der Waals surface area contributed by atoms with Crippen molar-refractivity contribution in [1.82, 2.24) is 0 Å². The number of aryl methyl sites for hydroxylation is 2. The van der Waals surface area contributed by atoms with Crippen LogP contribution in [0, 0.1) is 6.92 Å². The molecule has 0 aliphatic carbocycles. The molecule has 2 aliphatic rings. The van der Waals surface area contributed by atoms with Gasteiger partial charge in [0.1, 0.15) is 34.8 Å². The Kier molecular flexibility index (Phi) is 5.61. The Hall–Kier alpha value is -4.00. The van der Waals surface area contributed by atoms with Crippen molar-refractivity contribution in [2.45, 2.75) is 32.7 Å². The lowest BCUT2D eigenvalue weighted by Crippen LogP contribution is -2.29. The van der Waals surface area contributed by atoms with Gasteiger partial charge in [0.05, 0.1) is 18.8 Å². The van der Waals surface area contributed by atoms with Crippen molar-refractivity contribution in [3.8, 4) is 11.5 Å². The van der Waals surface area contributed by atoms with Gasteiger partial charge in [-0.05, 0) is 86.8 Å². The van der Waals surface area contributed by atoms with Gasteiger partial charge in [-0.25, -0.2) is 0 Å². The lowest BCUT2D eigenvalue weighted by molar-refractivity contribution is -0.132. The van der Waals surface area contributed by atoms with E-state index in [0.29, 0.717) is 41.7 Å². The quantitative estimate of drug-likeness (QED) is 0.330. The number of ether oxygens (including phenoxy) is 2. The van der Waals surface area contributed by atoms with E-state index in [1.165, 1.54) is 4.90 Å². The molecule has 3 aromatic rings. The topological polar surface area (TPSA) is 89.2 Å². The summed E-state index contributed by atoms with van der Waals surface area (Å²) in [6.45, 7) is 4.85. The van der Waals surface area contributed by atoms with Crippen LogP contribution in [0.3, 0.4) is 0 Å². The zero-order valence-electron chi connectivity index (χ0n) is 19.0. The highest BCUT2D eigenvalue weighted by Crippen LogP contribution is 2.43. The first kappa shape index (κ1) is 21.8. The van der Waals surface area contributed by atoms with Gasteiger partial charge < -0.3 is 19.0 Å². The van der Waals surface area contributed by atoms with Gasteiger partial charge in [-0.3, -0.25) is 14.5 Å². The van der Waals surface area contributed by atoms with E-state index in [4.69, 9.17) is 13.9 Å². The van der Waals surface area contributed by atoms with E-state index < -0.39 is 17.7 Å². The number of furan rings is 1. The van der Waals surface area contributed by atoms with E-state index in [0.717, 1.165) is 24.2 Å². The van der Waals surface area contributed by atoms with Gasteiger partial charge in [0.2, 0.25) is 0 Å². The molecule has 174 valence electrons. The van der Waals surface area contributed by atoms with Gasteiger partial charge in [0.25, 0.3) is 11.7 Å². The van der Waals surface area contributed by atoms with Gasteiger partial charge in [-0.1, -0.05) is 0 Å². The monoisotopic (exact) mass is 459 g/mol. The van der Waals surface area contributed by atoms with Crippen molar-refractivity contribution in [2.24, 2.45) is 0 Å². The molecule has 7 nitrogen and oxygen atoms in total. The smallest absolute Gasteiger partial charge is 0.300 e. The van der Waals surface area contributed by atoms with Crippen LogP contribution in [0.1, 0.15) is 42.0 Å². The number of amides is 1. The van der Waals surface area contributed by atoms with Gasteiger partial charge in [0.15, 0.2) is 0 Å². The third-order valence-electron chi connectivity index (χ3n) is 6.08. The Morgan fingerprint density at radius 1 is 1.12 bits per heavy atom. The second-order valence-electron chi connectivity index (χ2n) is 8.32. The fourth-order valence-electron chi connectivity index (χ4n) is 4.50. The number of carbonyl (C=O) groups is 2. The van der Waals surface area contributed by atoms with Crippen molar-refractivity contribution in [2.75, 3.05) is 18.1 Å². The Morgan fingerprint density at radius 2 is 1.91 bits per heavy atom. The molecule has 7 heteroatoms. The first-order valence-corrected chi connectivity index (χ1v) is 11.3. The largest absolute Gasteiger partial charge is 0.507 e. The fourth-order valence-corrected chi connectivity index (χ4v) is 4.50. The number of Topliss-reactive ketones (excluding diaryl/α,β-unsaturated/α-hetero) is 1. The minimum atomic E-state index is -0.904. The van der Waals surface area contributed by atoms with E-state index in [1.807, 2.05) is 13.0 Å². The van der Waals surface area contributed by atoms with Gasteiger partial charge >= 0.3 is 0 Å². The second-order valence-corrected chi connectivity index (χ2v) is 8.32. The number of ketones is 1. The van der Waals surface area contributed by atoms with Crippen LogP contribution in [0.4, 0.5) is 5.69 Å². The summed E-state index contributed by atoms with van der Waals surface area (Å²) in [6, 6.07) is 14.8. The minimum absolute atomic E-state index is 0.00934. The number of aliphatic hydroxyl groups is 1. The van der Waals surface area contributed by atoms with Crippen LogP contribution in [-0.4, -0.2) is 30.0 Å². The van der Waals surface area contributed by atoms with Crippen molar-refractivity contribution < 1.29 is 28.6 Å². The van der Waals surface area contributed by atoms with E-state index >= 15 is 0 Å². The SMILES string of the molecule is CCOc1ccc(N2C(=O)C(=O)/C(=C(\O)c3ccc4c(c3)CCCO4)C2c2ccc(C)o2)cc1. The molecule has 1 N–H and O–H groups in total. The maximum atomic E-state index is 13.3. The summed E-state index contributed by atoms with van der Waals surface area (Å²) in [6.07, 6.45) is 1.70. The van der Waals surface area contributed by atoms with Crippen molar-refractivity contribution in [3.05, 3.63) is 82.8 Å². The molecule has 1 aromatic heterocycles. The average molecular weight is 459 g/mol. The Morgan fingerprint density at radius 3 is 2.62 bits per heavy atom. The zero-order chi connectivity index (χ0) is 23.8. The normalized spacial score (nSPS) is 19.1. The molecule has 1 unspecified atom stereocenters. The second kappa shape index (κ2) is 8.74. The molecule has 34 heavy (non-hydrogen) atoms. The Bertz CT molecular complexity index is 1290. The predicted octanol–water partition coefficient (Wildman–Crippen LogP) is 4.94. The summed E-state index contributed by atoms with van der Waals surface area (Å²) in [4.78, 5) is 27.8. The molecule has 0 bridgehead atoms. The number of hydrogen-bond donors (Lipinski definition) is 1. The summed E-state index contributed by atoms with van der Waals surface area (Å²) >= 11 is 0. The minimum Gasteiger partial charge on any atom is -0.507 e. The molecule has 1 amide bonds. The highest BCUT2D eigenvalue weighted by atomic mass is 16.5.